The van der Waals surface area contributed by atoms with E-state index in [0.717, 1.165) is 62.1 Å². The second-order valence-corrected chi connectivity index (χ2v) is 9.91. The summed E-state index contributed by atoms with van der Waals surface area (Å²) in [5.74, 6) is -0.0584. The Morgan fingerprint density at radius 1 is 1.08 bits per heavy atom. The fourth-order valence-corrected chi connectivity index (χ4v) is 6.32. The molecule has 1 fully saturated rings. The first-order chi connectivity index (χ1) is 12.5. The summed E-state index contributed by atoms with van der Waals surface area (Å²) in [7, 11) is -3.64. The molecule has 0 radical (unpaired) electrons. The second-order valence-electron chi connectivity index (χ2n) is 6.88. The number of hydrogen-bond donors (Lipinski definition) is 1. The number of carbonyl (C=O) groups excluding carboxylic acids is 1. The average molecular weight is 391 g/mol. The molecule has 2 heterocycles. The minimum absolute atomic E-state index is 0.0584. The third kappa shape index (κ3) is 3.43. The van der Waals surface area contributed by atoms with Crippen LogP contribution in [-0.2, 0) is 16.4 Å². The minimum atomic E-state index is -3.64. The zero-order valence-corrected chi connectivity index (χ0v) is 16.1. The van der Waals surface area contributed by atoms with Crippen LogP contribution in [0.3, 0.4) is 0 Å². The quantitative estimate of drug-likeness (QED) is 0.871. The van der Waals surface area contributed by atoms with E-state index in [1.807, 2.05) is 18.2 Å². The van der Waals surface area contributed by atoms with Gasteiger partial charge in [0.2, 0.25) is 0 Å². The van der Waals surface area contributed by atoms with Crippen molar-refractivity contribution in [2.75, 3.05) is 13.1 Å². The first-order valence-electron chi connectivity index (χ1n) is 9.04. The fourth-order valence-electron chi connectivity index (χ4n) is 3.78. The van der Waals surface area contributed by atoms with E-state index in [0.29, 0.717) is 4.88 Å². The lowest BCUT2D eigenvalue weighted by Gasteiger charge is -2.25. The van der Waals surface area contributed by atoms with E-state index in [2.05, 4.69) is 10.8 Å². The molecule has 1 atom stereocenters. The Hall–Kier alpha value is -1.70. The van der Waals surface area contributed by atoms with E-state index in [4.69, 9.17) is 0 Å². The van der Waals surface area contributed by atoms with Gasteiger partial charge in [-0.05, 0) is 55.4 Å². The molecule has 4 rings (SSSR count). The Labute approximate surface area is 158 Å². The van der Waals surface area contributed by atoms with Gasteiger partial charge in [0, 0.05) is 19.1 Å². The fraction of sp³-hybridized carbons (Fsp3) is 0.421. The first-order valence-corrected chi connectivity index (χ1v) is 11.3. The van der Waals surface area contributed by atoms with Crippen LogP contribution in [0.5, 0.6) is 0 Å². The number of nitrogens with zero attached hydrogens (tertiary/aromatic N) is 1. The number of carbonyl (C=O) groups is 1. The molecule has 2 aromatic rings. The lowest BCUT2D eigenvalue weighted by molar-refractivity contribution is 0.0797. The molecule has 1 aromatic carbocycles. The number of sulfonamides is 1. The zero-order valence-electron chi connectivity index (χ0n) is 14.5. The summed E-state index contributed by atoms with van der Waals surface area (Å²) in [5.41, 5.74) is 2.27. The van der Waals surface area contributed by atoms with Crippen LogP contribution in [0.1, 0.15) is 52.5 Å². The van der Waals surface area contributed by atoms with Gasteiger partial charge in [-0.3, -0.25) is 4.79 Å². The normalized spacial score (nSPS) is 20.2. The van der Waals surface area contributed by atoms with E-state index < -0.39 is 10.0 Å². The van der Waals surface area contributed by atoms with Crippen molar-refractivity contribution < 1.29 is 13.2 Å². The van der Waals surface area contributed by atoms with Gasteiger partial charge in [-0.25, -0.2) is 13.1 Å². The van der Waals surface area contributed by atoms with Crippen LogP contribution in [0, 0.1) is 0 Å². The maximum atomic E-state index is 12.8. The smallest absolute Gasteiger partial charge is 0.263 e. The number of fused-ring (bicyclic) bond motifs is 1. The van der Waals surface area contributed by atoms with Gasteiger partial charge in [-0.15, -0.1) is 11.3 Å². The molecule has 2 aliphatic rings. The molecule has 1 aliphatic heterocycles. The largest absolute Gasteiger partial charge is 0.338 e. The molecule has 0 spiro atoms. The molecule has 1 aromatic heterocycles. The molecule has 26 heavy (non-hydrogen) atoms. The van der Waals surface area contributed by atoms with Crippen molar-refractivity contribution >= 4 is 27.3 Å². The highest BCUT2D eigenvalue weighted by Crippen LogP contribution is 2.32. The molecule has 1 amide bonds. The number of nitrogens with one attached hydrogen (secondary N) is 1. The number of likely N-dealkylation sites (tertiary alicyclic amines) is 1. The highest BCUT2D eigenvalue weighted by Gasteiger charge is 2.28. The van der Waals surface area contributed by atoms with Crippen LogP contribution in [0.15, 0.2) is 40.6 Å². The zero-order chi connectivity index (χ0) is 18.1. The molecule has 5 nitrogen and oxygen atoms in total. The lowest BCUT2D eigenvalue weighted by Crippen LogP contribution is -2.30. The predicted molar refractivity (Wildman–Crippen MR) is 102 cm³/mol. The number of thiophene rings is 1. The number of benzene rings is 1. The van der Waals surface area contributed by atoms with E-state index in [1.165, 1.54) is 5.56 Å². The number of amides is 1. The van der Waals surface area contributed by atoms with Crippen LogP contribution in [0.4, 0.5) is 0 Å². The minimum Gasteiger partial charge on any atom is -0.338 e. The van der Waals surface area contributed by atoms with Gasteiger partial charge in [0.05, 0.1) is 4.88 Å². The Kier molecular flexibility index (Phi) is 4.86. The maximum Gasteiger partial charge on any atom is 0.263 e. The van der Waals surface area contributed by atoms with Crippen LogP contribution in [-0.4, -0.2) is 32.3 Å². The third-order valence-corrected chi connectivity index (χ3v) is 8.15. The van der Waals surface area contributed by atoms with Crippen LogP contribution in [0.25, 0.3) is 0 Å². The Bertz CT molecular complexity index is 914. The summed E-state index contributed by atoms with van der Waals surface area (Å²) >= 11 is 1.06. The maximum absolute atomic E-state index is 12.8. The van der Waals surface area contributed by atoms with Gasteiger partial charge in [0.15, 0.2) is 0 Å². The standard InChI is InChI=1S/C19H22N2O3S2/c22-19(21-12-3-4-13-21)17-10-11-18(25-17)26(23,24)20-16-9-5-7-14-6-1-2-8-15(14)16/h1-2,6,8,10-11,16,20H,3-5,7,9,12-13H2. The third-order valence-electron chi connectivity index (χ3n) is 5.12. The molecule has 1 saturated heterocycles. The SMILES string of the molecule is O=C(c1ccc(S(=O)(=O)NC2CCCc3ccccc32)s1)N1CCCC1. The van der Waals surface area contributed by atoms with Crippen molar-refractivity contribution in [1.29, 1.82) is 0 Å². The van der Waals surface area contributed by atoms with E-state index in [9.17, 15) is 13.2 Å². The van der Waals surface area contributed by atoms with Gasteiger partial charge in [0.25, 0.3) is 15.9 Å². The van der Waals surface area contributed by atoms with E-state index in [1.54, 1.807) is 17.0 Å². The highest BCUT2D eigenvalue weighted by molar-refractivity contribution is 7.91. The summed E-state index contributed by atoms with van der Waals surface area (Å²) in [6.45, 7) is 1.52. The summed E-state index contributed by atoms with van der Waals surface area (Å²) in [6.07, 6.45) is 4.78. The monoisotopic (exact) mass is 390 g/mol. The molecule has 1 N–H and O–H groups in total. The average Bonchev–Trinajstić information content (AvgIpc) is 3.33. The van der Waals surface area contributed by atoms with Crippen molar-refractivity contribution in [3.05, 3.63) is 52.4 Å². The summed E-state index contributed by atoms with van der Waals surface area (Å²) in [6, 6.07) is 11.0. The topological polar surface area (TPSA) is 66.5 Å². The van der Waals surface area contributed by atoms with Crippen LogP contribution < -0.4 is 4.72 Å². The van der Waals surface area contributed by atoms with Gasteiger partial charge in [-0.2, -0.15) is 0 Å². The van der Waals surface area contributed by atoms with Gasteiger partial charge >= 0.3 is 0 Å². The van der Waals surface area contributed by atoms with E-state index in [-0.39, 0.29) is 16.2 Å². The number of hydrogen-bond acceptors (Lipinski definition) is 4. The van der Waals surface area contributed by atoms with Crippen LogP contribution >= 0.6 is 11.3 Å². The van der Waals surface area contributed by atoms with Crippen molar-refractivity contribution in [2.24, 2.45) is 0 Å². The van der Waals surface area contributed by atoms with Crippen molar-refractivity contribution in [1.82, 2.24) is 9.62 Å². The van der Waals surface area contributed by atoms with Gasteiger partial charge < -0.3 is 4.90 Å². The molecule has 138 valence electrons. The van der Waals surface area contributed by atoms with Gasteiger partial charge in [0.1, 0.15) is 4.21 Å². The second kappa shape index (κ2) is 7.13. The Morgan fingerprint density at radius 2 is 1.85 bits per heavy atom. The molecular weight excluding hydrogens is 368 g/mol. The van der Waals surface area contributed by atoms with E-state index >= 15 is 0 Å². The predicted octanol–water partition coefficient (Wildman–Crippen LogP) is 3.34. The molecule has 0 bridgehead atoms. The first kappa shape index (κ1) is 17.7. The molecule has 1 unspecified atom stereocenters. The molecule has 7 heteroatoms. The Balaban J connectivity index is 1.54. The van der Waals surface area contributed by atoms with Crippen molar-refractivity contribution in [2.45, 2.75) is 42.4 Å². The molecular formula is C19H22N2O3S2. The summed E-state index contributed by atoms with van der Waals surface area (Å²) in [5, 5.41) is 0. The van der Waals surface area contributed by atoms with Crippen LogP contribution in [0.2, 0.25) is 0 Å². The summed E-state index contributed by atoms with van der Waals surface area (Å²) < 4.78 is 28.7. The molecule has 1 aliphatic carbocycles. The van der Waals surface area contributed by atoms with Gasteiger partial charge in [-0.1, -0.05) is 24.3 Å². The number of aryl methyl sites for hydroxylation is 1. The summed E-state index contributed by atoms with van der Waals surface area (Å²) in [4.78, 5) is 14.8. The molecule has 0 saturated carbocycles. The Morgan fingerprint density at radius 3 is 2.65 bits per heavy atom. The highest BCUT2D eigenvalue weighted by atomic mass is 32.2. The lowest BCUT2D eigenvalue weighted by atomic mass is 9.88. The number of rotatable bonds is 4. The van der Waals surface area contributed by atoms with Crippen molar-refractivity contribution in [3.8, 4) is 0 Å². The van der Waals surface area contributed by atoms with Crippen molar-refractivity contribution in [3.63, 3.8) is 0 Å².